The Labute approximate surface area is 198 Å². The third kappa shape index (κ3) is 7.03. The molecule has 1 heterocycles. The Balaban J connectivity index is 1.54. The van der Waals surface area contributed by atoms with E-state index in [-0.39, 0.29) is 24.5 Å². The zero-order chi connectivity index (χ0) is 24.0. The fourth-order valence-electron chi connectivity index (χ4n) is 4.36. The van der Waals surface area contributed by atoms with Crippen molar-refractivity contribution in [3.63, 3.8) is 0 Å². The molecule has 8 nitrogen and oxygen atoms in total. The highest BCUT2D eigenvalue weighted by Crippen LogP contribution is 2.40. The van der Waals surface area contributed by atoms with E-state index in [1.165, 1.54) is 11.3 Å². The molecule has 3 rings (SSSR count). The van der Waals surface area contributed by atoms with E-state index in [9.17, 15) is 19.2 Å². The average Bonchev–Trinajstić information content (AvgIpc) is 3.12. The SMILES string of the molecule is CC1CCc2c(sc(NC(=O)COC(=O)CNC(=O)C3CCCCC3)c2C(=O)OC(C)C)C1. The fourth-order valence-corrected chi connectivity index (χ4v) is 5.77. The van der Waals surface area contributed by atoms with Crippen molar-refractivity contribution < 1.29 is 28.7 Å². The molecule has 1 atom stereocenters. The number of ether oxygens (including phenoxy) is 2. The minimum absolute atomic E-state index is 0.0496. The number of carbonyl (C=O) groups is 4. The maximum atomic E-state index is 12.7. The molecule has 0 bridgehead atoms. The maximum Gasteiger partial charge on any atom is 0.341 e. The number of nitrogens with one attached hydrogen (secondary N) is 2. The van der Waals surface area contributed by atoms with E-state index in [4.69, 9.17) is 9.47 Å². The van der Waals surface area contributed by atoms with Gasteiger partial charge in [0, 0.05) is 10.8 Å². The lowest BCUT2D eigenvalue weighted by atomic mass is 9.88. The van der Waals surface area contributed by atoms with Gasteiger partial charge in [-0.25, -0.2) is 4.79 Å². The zero-order valence-corrected chi connectivity index (χ0v) is 20.5. The topological polar surface area (TPSA) is 111 Å². The Morgan fingerprint density at radius 2 is 1.82 bits per heavy atom. The molecule has 1 saturated carbocycles. The molecule has 1 aromatic heterocycles. The molecule has 2 N–H and O–H groups in total. The summed E-state index contributed by atoms with van der Waals surface area (Å²) < 4.78 is 10.4. The van der Waals surface area contributed by atoms with Gasteiger partial charge in [-0.1, -0.05) is 26.2 Å². The second-order valence-corrected chi connectivity index (χ2v) is 10.4. The molecule has 1 unspecified atom stereocenters. The minimum Gasteiger partial charge on any atom is -0.459 e. The number of hydrogen-bond acceptors (Lipinski definition) is 7. The van der Waals surface area contributed by atoms with E-state index in [0.717, 1.165) is 61.8 Å². The summed E-state index contributed by atoms with van der Waals surface area (Å²) in [5, 5.41) is 5.76. The molecule has 1 aromatic rings. The molecule has 9 heteroatoms. The van der Waals surface area contributed by atoms with Gasteiger partial charge in [0.2, 0.25) is 5.91 Å². The van der Waals surface area contributed by atoms with Gasteiger partial charge in [-0.3, -0.25) is 14.4 Å². The van der Waals surface area contributed by atoms with E-state index in [1.807, 2.05) is 0 Å². The van der Waals surface area contributed by atoms with Gasteiger partial charge in [0.05, 0.1) is 11.7 Å². The van der Waals surface area contributed by atoms with Crippen molar-refractivity contribution in [3.8, 4) is 0 Å². The molecule has 33 heavy (non-hydrogen) atoms. The quantitative estimate of drug-likeness (QED) is 0.552. The molecule has 0 saturated heterocycles. The third-order valence-corrected chi connectivity index (χ3v) is 7.23. The monoisotopic (exact) mass is 478 g/mol. The summed E-state index contributed by atoms with van der Waals surface area (Å²) in [7, 11) is 0. The van der Waals surface area contributed by atoms with Gasteiger partial charge in [-0.2, -0.15) is 0 Å². The highest BCUT2D eigenvalue weighted by Gasteiger charge is 2.30. The van der Waals surface area contributed by atoms with Crippen LogP contribution in [0.3, 0.4) is 0 Å². The van der Waals surface area contributed by atoms with Crippen LogP contribution in [0.1, 0.15) is 80.1 Å². The molecule has 182 valence electrons. The second kappa shape index (κ2) is 11.6. The molecule has 0 spiro atoms. The van der Waals surface area contributed by atoms with E-state index in [1.54, 1.807) is 13.8 Å². The smallest absolute Gasteiger partial charge is 0.341 e. The summed E-state index contributed by atoms with van der Waals surface area (Å²) in [5.41, 5.74) is 1.36. The molecule has 2 aliphatic carbocycles. The van der Waals surface area contributed by atoms with Crippen molar-refractivity contribution in [1.82, 2.24) is 5.32 Å². The first-order chi connectivity index (χ1) is 15.7. The highest BCUT2D eigenvalue weighted by atomic mass is 32.1. The molecule has 2 amide bonds. The molecule has 0 aromatic carbocycles. The number of esters is 2. The molecule has 0 aliphatic heterocycles. The van der Waals surface area contributed by atoms with Crippen molar-refractivity contribution in [1.29, 1.82) is 0 Å². The number of anilines is 1. The van der Waals surface area contributed by atoms with Crippen LogP contribution in [0.4, 0.5) is 5.00 Å². The van der Waals surface area contributed by atoms with Gasteiger partial charge in [0.25, 0.3) is 5.91 Å². The van der Waals surface area contributed by atoms with Gasteiger partial charge in [-0.15, -0.1) is 11.3 Å². The van der Waals surface area contributed by atoms with Gasteiger partial charge >= 0.3 is 11.9 Å². The first-order valence-electron chi connectivity index (χ1n) is 11.8. The average molecular weight is 479 g/mol. The van der Waals surface area contributed by atoms with Crippen LogP contribution >= 0.6 is 11.3 Å². The first kappa shape index (κ1) is 25.2. The number of rotatable bonds is 8. The number of fused-ring (bicyclic) bond motifs is 1. The number of thiophene rings is 1. The lowest BCUT2D eigenvalue weighted by molar-refractivity contribution is -0.147. The van der Waals surface area contributed by atoms with Crippen LogP contribution in [0.25, 0.3) is 0 Å². The Morgan fingerprint density at radius 3 is 2.52 bits per heavy atom. The molecule has 0 radical (unpaired) electrons. The third-order valence-electron chi connectivity index (χ3n) is 6.06. The van der Waals surface area contributed by atoms with Crippen molar-refractivity contribution in [2.45, 2.75) is 78.2 Å². The van der Waals surface area contributed by atoms with Gasteiger partial charge in [0.1, 0.15) is 11.5 Å². The van der Waals surface area contributed by atoms with E-state index < -0.39 is 24.5 Å². The van der Waals surface area contributed by atoms with Crippen LogP contribution in [0, 0.1) is 11.8 Å². The van der Waals surface area contributed by atoms with Crippen LogP contribution in [-0.4, -0.2) is 43.0 Å². The maximum absolute atomic E-state index is 12.7. The number of amides is 2. The van der Waals surface area contributed by atoms with Crippen LogP contribution < -0.4 is 10.6 Å². The largest absolute Gasteiger partial charge is 0.459 e. The standard InChI is InChI=1S/C24H34N2O6S/c1-14(2)32-24(30)21-17-10-9-15(3)11-18(17)33-23(21)26-19(27)13-31-20(28)12-25-22(29)16-7-5-4-6-8-16/h14-16H,4-13H2,1-3H3,(H,25,29)(H,26,27). The summed E-state index contributed by atoms with van der Waals surface area (Å²) in [6.45, 7) is 4.97. The summed E-state index contributed by atoms with van der Waals surface area (Å²) >= 11 is 1.38. The number of hydrogen-bond donors (Lipinski definition) is 2. The Kier molecular flexibility index (Phi) is 8.88. The molecular formula is C24H34N2O6S. The zero-order valence-electron chi connectivity index (χ0n) is 19.7. The lowest BCUT2D eigenvalue weighted by Gasteiger charge is -2.20. The van der Waals surface area contributed by atoms with Crippen LogP contribution in [0.5, 0.6) is 0 Å². The fraction of sp³-hybridized carbons (Fsp3) is 0.667. The predicted octanol–water partition coefficient (Wildman–Crippen LogP) is 3.62. The van der Waals surface area contributed by atoms with Crippen molar-refractivity contribution >= 4 is 40.1 Å². The van der Waals surface area contributed by atoms with Crippen molar-refractivity contribution in [2.75, 3.05) is 18.5 Å². The summed E-state index contributed by atoms with van der Waals surface area (Å²) in [6, 6.07) is 0. The summed E-state index contributed by atoms with van der Waals surface area (Å²) in [4.78, 5) is 50.4. The molecular weight excluding hydrogens is 444 g/mol. The van der Waals surface area contributed by atoms with E-state index in [2.05, 4.69) is 17.6 Å². The minimum atomic E-state index is -0.673. The lowest BCUT2D eigenvalue weighted by Crippen LogP contribution is -2.36. The van der Waals surface area contributed by atoms with Crippen LogP contribution in [0.2, 0.25) is 0 Å². The predicted molar refractivity (Wildman–Crippen MR) is 125 cm³/mol. The van der Waals surface area contributed by atoms with Gasteiger partial charge in [-0.05, 0) is 57.4 Å². The molecule has 1 fully saturated rings. The Hall–Kier alpha value is -2.42. The van der Waals surface area contributed by atoms with Crippen molar-refractivity contribution in [3.05, 3.63) is 16.0 Å². The van der Waals surface area contributed by atoms with Gasteiger partial charge in [0.15, 0.2) is 6.61 Å². The van der Waals surface area contributed by atoms with E-state index >= 15 is 0 Å². The molecule has 2 aliphatic rings. The normalized spacial score (nSPS) is 18.4. The summed E-state index contributed by atoms with van der Waals surface area (Å²) in [6.07, 6.45) is 7.20. The first-order valence-corrected chi connectivity index (χ1v) is 12.6. The van der Waals surface area contributed by atoms with Crippen LogP contribution in [-0.2, 0) is 36.7 Å². The number of carbonyl (C=O) groups excluding carboxylic acids is 4. The highest BCUT2D eigenvalue weighted by molar-refractivity contribution is 7.17. The van der Waals surface area contributed by atoms with Crippen LogP contribution in [0.15, 0.2) is 0 Å². The summed E-state index contributed by atoms with van der Waals surface area (Å²) in [5.74, 6) is -1.33. The van der Waals surface area contributed by atoms with E-state index in [0.29, 0.717) is 16.5 Å². The van der Waals surface area contributed by atoms with Gasteiger partial charge < -0.3 is 20.1 Å². The Bertz CT molecular complexity index is 888. The second-order valence-electron chi connectivity index (χ2n) is 9.27. The Morgan fingerprint density at radius 1 is 1.09 bits per heavy atom. The van der Waals surface area contributed by atoms with Crippen molar-refractivity contribution in [2.24, 2.45) is 11.8 Å².